The summed E-state index contributed by atoms with van der Waals surface area (Å²) in [5.74, 6) is 0.873. The summed E-state index contributed by atoms with van der Waals surface area (Å²) in [5, 5.41) is 0. The Morgan fingerprint density at radius 3 is 2.67 bits per heavy atom. The molecule has 0 bridgehead atoms. The lowest BCUT2D eigenvalue weighted by Crippen LogP contribution is -2.46. The molecule has 0 aliphatic carbocycles. The Morgan fingerprint density at radius 2 is 2.07 bits per heavy atom. The first-order valence-corrected chi connectivity index (χ1v) is 6.33. The van der Waals surface area contributed by atoms with Crippen molar-refractivity contribution < 1.29 is 0 Å². The van der Waals surface area contributed by atoms with Gasteiger partial charge in [-0.3, -0.25) is 0 Å². The molecule has 1 aliphatic rings. The molecule has 1 fully saturated rings. The minimum Gasteiger partial charge on any atom is -0.338 e. The van der Waals surface area contributed by atoms with Gasteiger partial charge in [-0.2, -0.15) is 0 Å². The van der Waals surface area contributed by atoms with Crippen LogP contribution in [0.4, 0.5) is 5.95 Å². The second-order valence-corrected chi connectivity index (χ2v) is 4.71. The Bertz CT molecular complexity index is 323. The molecule has 1 saturated heterocycles. The molecule has 82 valence electrons. The van der Waals surface area contributed by atoms with E-state index >= 15 is 0 Å². The van der Waals surface area contributed by atoms with Crippen LogP contribution in [0.2, 0.25) is 0 Å². The molecule has 0 spiro atoms. The van der Waals surface area contributed by atoms with E-state index in [9.17, 15) is 0 Å². The van der Waals surface area contributed by atoms with Crippen LogP contribution >= 0.6 is 22.6 Å². The number of anilines is 1. The number of rotatable bonds is 2. The highest BCUT2D eigenvalue weighted by molar-refractivity contribution is 14.1. The fourth-order valence-corrected chi connectivity index (χ4v) is 2.12. The van der Waals surface area contributed by atoms with Gasteiger partial charge in [0.05, 0.1) is 0 Å². The summed E-state index contributed by atoms with van der Waals surface area (Å²) >= 11 is 2.22. The zero-order valence-corrected chi connectivity index (χ0v) is 11.0. The topological polar surface area (TPSA) is 32.3 Å². The molecule has 2 rings (SSSR count). The van der Waals surface area contributed by atoms with E-state index in [-0.39, 0.29) is 0 Å². The molecule has 0 atom stereocenters. The third-order valence-electron chi connectivity index (χ3n) is 2.71. The van der Waals surface area contributed by atoms with Crippen molar-refractivity contribution in [2.75, 3.05) is 37.6 Å². The lowest BCUT2D eigenvalue weighted by Gasteiger charge is -2.33. The first-order chi connectivity index (χ1) is 7.29. The van der Waals surface area contributed by atoms with Crippen molar-refractivity contribution in [3.8, 4) is 0 Å². The van der Waals surface area contributed by atoms with E-state index in [0.29, 0.717) is 0 Å². The van der Waals surface area contributed by atoms with Crippen LogP contribution in [0.3, 0.4) is 0 Å². The van der Waals surface area contributed by atoms with Gasteiger partial charge < -0.3 is 9.80 Å². The zero-order valence-electron chi connectivity index (χ0n) is 8.86. The van der Waals surface area contributed by atoms with Crippen molar-refractivity contribution in [3.05, 3.63) is 16.0 Å². The summed E-state index contributed by atoms with van der Waals surface area (Å²) < 4.78 is 1.01. The standard InChI is InChI=1S/C10H15IN4/c1-2-14-5-7-15(8-6-14)10-12-4-3-9(11)13-10/h3-4H,2,5-8H2,1H3. The molecular formula is C10H15IN4. The predicted molar refractivity (Wildman–Crippen MR) is 69.1 cm³/mol. The molecule has 4 nitrogen and oxygen atoms in total. The molecule has 15 heavy (non-hydrogen) atoms. The molecule has 0 unspecified atom stereocenters. The van der Waals surface area contributed by atoms with Gasteiger partial charge >= 0.3 is 0 Å². The molecule has 0 radical (unpaired) electrons. The normalized spacial score (nSPS) is 18.1. The summed E-state index contributed by atoms with van der Waals surface area (Å²) in [6.07, 6.45) is 1.83. The van der Waals surface area contributed by atoms with E-state index in [1.165, 1.54) is 0 Å². The van der Waals surface area contributed by atoms with Gasteiger partial charge in [0.15, 0.2) is 0 Å². The van der Waals surface area contributed by atoms with Crippen molar-refractivity contribution in [2.24, 2.45) is 0 Å². The van der Waals surface area contributed by atoms with E-state index in [1.54, 1.807) is 0 Å². The van der Waals surface area contributed by atoms with E-state index in [2.05, 4.69) is 49.3 Å². The molecule has 0 amide bonds. The maximum atomic E-state index is 4.43. The Kier molecular flexibility index (Phi) is 3.74. The smallest absolute Gasteiger partial charge is 0.226 e. The highest BCUT2D eigenvalue weighted by Gasteiger charge is 2.17. The fourth-order valence-electron chi connectivity index (χ4n) is 1.74. The Labute approximate surface area is 104 Å². The highest BCUT2D eigenvalue weighted by atomic mass is 127. The van der Waals surface area contributed by atoms with E-state index in [4.69, 9.17) is 0 Å². The van der Waals surface area contributed by atoms with Crippen LogP contribution in [-0.2, 0) is 0 Å². The third kappa shape index (κ3) is 2.78. The van der Waals surface area contributed by atoms with E-state index in [1.807, 2.05) is 12.3 Å². The van der Waals surface area contributed by atoms with Crippen LogP contribution in [0.15, 0.2) is 12.3 Å². The minimum atomic E-state index is 0.873. The maximum absolute atomic E-state index is 4.43. The first-order valence-electron chi connectivity index (χ1n) is 5.25. The second-order valence-electron chi connectivity index (χ2n) is 3.60. The monoisotopic (exact) mass is 318 g/mol. The number of halogens is 1. The summed E-state index contributed by atoms with van der Waals surface area (Å²) in [7, 11) is 0. The van der Waals surface area contributed by atoms with Gasteiger partial charge in [0, 0.05) is 32.4 Å². The number of aromatic nitrogens is 2. The number of hydrogen-bond acceptors (Lipinski definition) is 4. The zero-order chi connectivity index (χ0) is 10.7. The molecule has 1 aliphatic heterocycles. The lowest BCUT2D eigenvalue weighted by atomic mass is 10.3. The van der Waals surface area contributed by atoms with Crippen LogP contribution < -0.4 is 4.90 Å². The molecule has 1 aromatic heterocycles. The van der Waals surface area contributed by atoms with Crippen molar-refractivity contribution >= 4 is 28.5 Å². The predicted octanol–water partition coefficient (Wildman–Crippen LogP) is 1.22. The van der Waals surface area contributed by atoms with Gasteiger partial charge in [-0.05, 0) is 35.2 Å². The molecule has 2 heterocycles. The van der Waals surface area contributed by atoms with Gasteiger partial charge in [0.25, 0.3) is 0 Å². The molecular weight excluding hydrogens is 303 g/mol. The minimum absolute atomic E-state index is 0.873. The Balaban J connectivity index is 2.01. The number of piperazine rings is 1. The lowest BCUT2D eigenvalue weighted by molar-refractivity contribution is 0.270. The molecule has 1 aromatic rings. The number of likely N-dealkylation sites (N-methyl/N-ethyl adjacent to an activating group) is 1. The van der Waals surface area contributed by atoms with Crippen LogP contribution in [-0.4, -0.2) is 47.6 Å². The van der Waals surface area contributed by atoms with Crippen LogP contribution in [0, 0.1) is 3.70 Å². The van der Waals surface area contributed by atoms with Gasteiger partial charge in [0.2, 0.25) is 5.95 Å². The summed E-state index contributed by atoms with van der Waals surface area (Å²) in [6.45, 7) is 7.65. The largest absolute Gasteiger partial charge is 0.338 e. The quantitative estimate of drug-likeness (QED) is 0.606. The van der Waals surface area contributed by atoms with Crippen LogP contribution in [0.1, 0.15) is 6.92 Å². The average molecular weight is 318 g/mol. The molecule has 0 saturated carbocycles. The van der Waals surface area contributed by atoms with Crippen LogP contribution in [0.5, 0.6) is 0 Å². The molecule has 5 heteroatoms. The number of nitrogens with zero attached hydrogens (tertiary/aromatic N) is 4. The third-order valence-corrected chi connectivity index (χ3v) is 3.31. The SMILES string of the molecule is CCN1CCN(c2nccc(I)n2)CC1. The number of hydrogen-bond donors (Lipinski definition) is 0. The van der Waals surface area contributed by atoms with Crippen molar-refractivity contribution in [3.63, 3.8) is 0 Å². The Morgan fingerprint density at radius 1 is 1.33 bits per heavy atom. The maximum Gasteiger partial charge on any atom is 0.226 e. The Hall–Kier alpha value is -0.430. The van der Waals surface area contributed by atoms with E-state index < -0.39 is 0 Å². The summed E-state index contributed by atoms with van der Waals surface area (Å²) in [4.78, 5) is 13.4. The molecule has 0 N–H and O–H groups in total. The molecule has 0 aromatic carbocycles. The van der Waals surface area contributed by atoms with Gasteiger partial charge in [0.1, 0.15) is 3.70 Å². The van der Waals surface area contributed by atoms with Gasteiger partial charge in [-0.1, -0.05) is 6.92 Å². The van der Waals surface area contributed by atoms with Gasteiger partial charge in [-0.15, -0.1) is 0 Å². The van der Waals surface area contributed by atoms with Crippen molar-refractivity contribution in [2.45, 2.75) is 6.92 Å². The average Bonchev–Trinajstić information content (AvgIpc) is 2.29. The highest BCUT2D eigenvalue weighted by Crippen LogP contribution is 2.11. The van der Waals surface area contributed by atoms with Gasteiger partial charge in [-0.25, -0.2) is 9.97 Å². The first kappa shape index (κ1) is 11.1. The second kappa shape index (κ2) is 5.07. The van der Waals surface area contributed by atoms with Crippen LogP contribution in [0.25, 0.3) is 0 Å². The van der Waals surface area contributed by atoms with Crippen molar-refractivity contribution in [1.29, 1.82) is 0 Å². The fraction of sp³-hybridized carbons (Fsp3) is 0.600. The summed E-state index contributed by atoms with van der Waals surface area (Å²) in [6, 6.07) is 1.92. The van der Waals surface area contributed by atoms with Crippen molar-refractivity contribution in [1.82, 2.24) is 14.9 Å². The summed E-state index contributed by atoms with van der Waals surface area (Å²) in [5.41, 5.74) is 0. The van der Waals surface area contributed by atoms with E-state index in [0.717, 1.165) is 42.4 Å².